The quantitative estimate of drug-likeness (QED) is 0.0204. The van der Waals surface area contributed by atoms with Crippen LogP contribution in [0.3, 0.4) is 0 Å². The number of esters is 1. The van der Waals surface area contributed by atoms with Crippen molar-refractivity contribution < 1.29 is 71.8 Å². The summed E-state index contributed by atoms with van der Waals surface area (Å²) in [5.74, 6) is -8.44. The molecule has 1 fully saturated rings. The molecule has 1 heterocycles. The lowest BCUT2D eigenvalue weighted by Crippen LogP contribution is -2.42. The van der Waals surface area contributed by atoms with Gasteiger partial charge in [-0.2, -0.15) is 13.9 Å². The predicted molar refractivity (Wildman–Crippen MR) is 161 cm³/mol. The Hall–Kier alpha value is -2.88. The number of hydrazone groups is 1. The zero-order valence-electron chi connectivity index (χ0n) is 27.3. The van der Waals surface area contributed by atoms with Gasteiger partial charge in [0.05, 0.1) is 56.2 Å². The highest BCUT2D eigenvalue weighted by molar-refractivity contribution is 6.30. The summed E-state index contributed by atoms with van der Waals surface area (Å²) in [6.45, 7) is 9.16. The number of benzene rings is 1. The average Bonchev–Trinajstić information content (AvgIpc) is 3.01. The molecule has 0 radical (unpaired) electrons. The number of nitrogens with zero attached hydrogens (tertiary/aromatic N) is 3. The van der Waals surface area contributed by atoms with Crippen molar-refractivity contribution in [2.24, 2.45) is 21.9 Å². The number of hydrogen-bond donors (Lipinski definition) is 7. The second-order valence-electron chi connectivity index (χ2n) is 11.4. The van der Waals surface area contributed by atoms with Crippen LogP contribution in [0.25, 0.3) is 0 Å². The first-order chi connectivity index (χ1) is 22.4. The van der Waals surface area contributed by atoms with Crippen molar-refractivity contribution in [2.75, 3.05) is 39.5 Å². The van der Waals surface area contributed by atoms with Crippen LogP contribution in [0.5, 0.6) is 5.75 Å². The maximum Gasteiger partial charge on any atom is 0.313 e. The van der Waals surface area contributed by atoms with Gasteiger partial charge in [0.2, 0.25) is 34.8 Å². The van der Waals surface area contributed by atoms with Crippen LogP contribution >= 0.6 is 0 Å². The minimum Gasteiger partial charge on any atom is -0.420 e. The van der Waals surface area contributed by atoms with E-state index in [0.29, 0.717) is 37.4 Å². The number of ether oxygens (including phenoxy) is 3. The Kier molecular flexibility index (Phi) is 22.1. The first kappa shape index (κ1) is 45.1. The van der Waals surface area contributed by atoms with Crippen molar-refractivity contribution in [3.63, 3.8) is 0 Å². The van der Waals surface area contributed by atoms with Gasteiger partial charge in [-0.25, -0.2) is 13.2 Å². The number of aliphatic imine (C=N–C) groups is 1. The van der Waals surface area contributed by atoms with Crippen LogP contribution in [0.4, 0.5) is 22.0 Å². The molecule has 3 unspecified atom stereocenters. The molecule has 0 amide bonds. The van der Waals surface area contributed by atoms with Gasteiger partial charge in [0.15, 0.2) is 0 Å². The average molecular weight is 707 g/mol. The molecule has 1 aliphatic heterocycles. The molecule has 8 N–H and O–H groups in total. The highest BCUT2D eigenvalue weighted by Gasteiger charge is 2.29. The minimum atomic E-state index is -2.35. The van der Waals surface area contributed by atoms with Crippen molar-refractivity contribution in [3.05, 3.63) is 29.1 Å². The first-order valence-electron chi connectivity index (χ1n) is 14.9. The number of halogens is 5. The minimum absolute atomic E-state index is 0.0241. The fourth-order valence-electron chi connectivity index (χ4n) is 3.50. The SMILES string of the molecule is CC(C)CCOC(C)(C)CN=C/C(CCO)=N\N.O=C(CCO)Oc1c(F)c(F)c(F)c(F)c1F.OC1COC(CCN(O)O)CC1O. The summed E-state index contributed by atoms with van der Waals surface area (Å²) >= 11 is 0. The van der Waals surface area contributed by atoms with Gasteiger partial charge in [0.25, 0.3) is 0 Å². The molecule has 1 saturated heterocycles. The van der Waals surface area contributed by atoms with Crippen molar-refractivity contribution in [1.29, 1.82) is 0 Å². The Morgan fingerprint density at radius 1 is 1.02 bits per heavy atom. The summed E-state index contributed by atoms with van der Waals surface area (Å²) in [5, 5.41) is 55.9. The summed E-state index contributed by atoms with van der Waals surface area (Å²) in [6, 6.07) is 0. The maximum atomic E-state index is 12.9. The van der Waals surface area contributed by atoms with E-state index in [4.69, 9.17) is 41.1 Å². The molecule has 19 heteroatoms. The van der Waals surface area contributed by atoms with E-state index in [1.807, 2.05) is 13.8 Å². The standard InChI is InChI=1S/C13H27N3O2.C9H5F5O3.C7H15NO5/c1-11(2)6-8-18-13(3,4)10-15-9-12(16-14)5-7-17;10-4-5(11)7(13)9(8(14)6(4)12)17-3(16)1-2-15;9-6-3-5(1-2-8(11)12)13-4-7(6)10/h9,11,17H,5-8,10,14H2,1-4H3;15H,1-2H2;5-7,9-12H,1-4H2/b15-9?,16-12-;;. The van der Waals surface area contributed by atoms with Gasteiger partial charge < -0.3 is 40.5 Å². The summed E-state index contributed by atoms with van der Waals surface area (Å²) in [7, 11) is 0. The molecule has 14 nitrogen and oxygen atoms in total. The number of hydrogen-bond acceptors (Lipinski definition) is 14. The van der Waals surface area contributed by atoms with Crippen molar-refractivity contribution in [2.45, 2.75) is 83.7 Å². The van der Waals surface area contributed by atoms with E-state index in [2.05, 4.69) is 28.7 Å². The van der Waals surface area contributed by atoms with Crippen LogP contribution < -0.4 is 10.6 Å². The summed E-state index contributed by atoms with van der Waals surface area (Å²) in [4.78, 5) is 15.0. The molecule has 1 aromatic rings. The topological polar surface area (TPSA) is 220 Å². The van der Waals surface area contributed by atoms with E-state index in [0.717, 1.165) is 13.0 Å². The number of rotatable bonds is 15. The van der Waals surface area contributed by atoms with Gasteiger partial charge in [0.1, 0.15) is 6.10 Å². The molecule has 278 valence electrons. The lowest BCUT2D eigenvalue weighted by molar-refractivity contribution is -0.309. The molecule has 0 spiro atoms. The van der Waals surface area contributed by atoms with Crippen LogP contribution in [0.2, 0.25) is 0 Å². The third-order valence-electron chi connectivity index (χ3n) is 6.24. The van der Waals surface area contributed by atoms with Crippen molar-refractivity contribution in [1.82, 2.24) is 5.23 Å². The van der Waals surface area contributed by atoms with Gasteiger partial charge in [-0.05, 0) is 32.6 Å². The summed E-state index contributed by atoms with van der Waals surface area (Å²) < 4.78 is 78.6. The molecule has 2 rings (SSSR count). The van der Waals surface area contributed by atoms with E-state index in [1.54, 1.807) is 6.21 Å². The number of aliphatic hydroxyl groups excluding tert-OH is 4. The second-order valence-corrected chi connectivity index (χ2v) is 11.4. The Morgan fingerprint density at radius 3 is 2.06 bits per heavy atom. The smallest absolute Gasteiger partial charge is 0.313 e. The molecule has 0 aromatic heterocycles. The fourth-order valence-corrected chi connectivity index (χ4v) is 3.50. The van der Waals surface area contributed by atoms with E-state index >= 15 is 0 Å². The zero-order chi connectivity index (χ0) is 37.0. The highest BCUT2D eigenvalue weighted by atomic mass is 19.2. The van der Waals surface area contributed by atoms with E-state index < -0.39 is 66.0 Å². The number of carbonyl (C=O) groups excluding carboxylic acids is 1. The molecule has 1 aromatic carbocycles. The molecular weight excluding hydrogens is 659 g/mol. The monoisotopic (exact) mass is 706 g/mol. The number of nitrogens with two attached hydrogens (primary N) is 1. The lowest BCUT2D eigenvalue weighted by atomic mass is 10.0. The fraction of sp³-hybridized carbons (Fsp3) is 0.690. The third-order valence-corrected chi connectivity index (χ3v) is 6.24. The molecule has 0 aliphatic carbocycles. The van der Waals surface area contributed by atoms with E-state index in [9.17, 15) is 31.9 Å². The predicted octanol–water partition coefficient (Wildman–Crippen LogP) is 2.23. The third kappa shape index (κ3) is 18.0. The number of carbonyl (C=O) groups is 1. The van der Waals surface area contributed by atoms with Crippen molar-refractivity contribution in [3.8, 4) is 5.75 Å². The van der Waals surface area contributed by atoms with Crippen LogP contribution in [-0.4, -0.2) is 117 Å². The highest BCUT2D eigenvalue weighted by Crippen LogP contribution is 2.29. The van der Waals surface area contributed by atoms with Crippen molar-refractivity contribution >= 4 is 17.9 Å². The maximum absolute atomic E-state index is 12.9. The summed E-state index contributed by atoms with van der Waals surface area (Å²) in [6.07, 6.45) is 1.36. The van der Waals surface area contributed by atoms with Crippen LogP contribution in [0.1, 0.15) is 59.8 Å². The van der Waals surface area contributed by atoms with Gasteiger partial charge in [-0.3, -0.25) is 20.2 Å². The molecule has 1 aliphatic rings. The first-order valence-corrected chi connectivity index (χ1v) is 14.9. The van der Waals surface area contributed by atoms with Gasteiger partial charge in [-0.1, -0.05) is 19.1 Å². The van der Waals surface area contributed by atoms with Crippen LogP contribution in [0, 0.1) is 35.0 Å². The molecule has 0 saturated carbocycles. The van der Waals surface area contributed by atoms with E-state index in [-0.39, 0.29) is 36.7 Å². The Balaban J connectivity index is 0.000000699. The largest absolute Gasteiger partial charge is 0.420 e. The second kappa shape index (κ2) is 23.5. The molecule has 0 bridgehead atoms. The normalized spacial score (nSPS) is 18.4. The molecular formula is C29H47F5N4O10. The Labute approximate surface area is 275 Å². The zero-order valence-corrected chi connectivity index (χ0v) is 27.3. The number of aliphatic hydroxyl groups is 4. The lowest BCUT2D eigenvalue weighted by Gasteiger charge is -2.30. The van der Waals surface area contributed by atoms with Crippen LogP contribution in [-0.2, 0) is 14.3 Å². The Bertz CT molecular complexity index is 1130. The summed E-state index contributed by atoms with van der Waals surface area (Å²) in [5.41, 5.74) is 0.306. The van der Waals surface area contributed by atoms with Gasteiger partial charge in [0, 0.05) is 32.3 Å². The Morgan fingerprint density at radius 2 is 1.58 bits per heavy atom. The van der Waals surface area contributed by atoms with Gasteiger partial charge in [-0.15, -0.1) is 0 Å². The van der Waals surface area contributed by atoms with E-state index in [1.165, 1.54) is 0 Å². The molecule has 3 atom stereocenters. The van der Waals surface area contributed by atoms with Gasteiger partial charge >= 0.3 is 5.97 Å². The number of hydroxylamine groups is 2. The van der Waals surface area contributed by atoms with Crippen LogP contribution in [0.15, 0.2) is 10.1 Å². The molecule has 48 heavy (non-hydrogen) atoms.